The van der Waals surface area contributed by atoms with E-state index in [4.69, 9.17) is 11.6 Å². The second-order valence-electron chi connectivity index (χ2n) is 2.98. The lowest BCUT2D eigenvalue weighted by Gasteiger charge is -2.05. The Kier molecular flexibility index (Phi) is 2.45. The molecule has 4 heteroatoms. The number of benzene rings is 1. The van der Waals surface area contributed by atoms with Gasteiger partial charge in [0.2, 0.25) is 0 Å². The minimum Gasteiger partial charge on any atom is -0.232 e. The highest BCUT2D eigenvalue weighted by atomic mass is 79.9. The fourth-order valence-corrected chi connectivity index (χ4v) is 1.88. The van der Waals surface area contributed by atoms with Crippen LogP contribution < -0.4 is 0 Å². The predicted octanol–water partition coefficient (Wildman–Crippen LogP) is 4.10. The van der Waals surface area contributed by atoms with Crippen molar-refractivity contribution >= 4 is 38.4 Å². The number of nitrogens with zero attached hydrogens (tertiary/aromatic N) is 1. The summed E-state index contributed by atoms with van der Waals surface area (Å²) in [5, 5.41) is 1.07. The maximum absolute atomic E-state index is 13.3. The van der Waals surface area contributed by atoms with E-state index in [9.17, 15) is 4.39 Å². The number of aromatic nitrogens is 1. The highest BCUT2D eigenvalue weighted by Gasteiger charge is 2.10. The smallest absolute Gasteiger partial charge is 0.149 e. The molecule has 0 bridgehead atoms. The van der Waals surface area contributed by atoms with E-state index in [0.717, 1.165) is 15.4 Å². The second kappa shape index (κ2) is 3.48. The lowest BCUT2D eigenvalue weighted by molar-refractivity contribution is 0.636. The van der Waals surface area contributed by atoms with E-state index in [1.54, 1.807) is 6.07 Å². The molecule has 0 aliphatic rings. The van der Waals surface area contributed by atoms with Crippen LogP contribution in [0.2, 0.25) is 5.15 Å². The third-order valence-electron chi connectivity index (χ3n) is 2.11. The minimum absolute atomic E-state index is 0.292. The van der Waals surface area contributed by atoms with Crippen LogP contribution in [0.15, 0.2) is 22.7 Å². The van der Waals surface area contributed by atoms with Gasteiger partial charge >= 0.3 is 0 Å². The van der Waals surface area contributed by atoms with Crippen molar-refractivity contribution in [1.29, 1.82) is 0 Å². The molecule has 0 radical (unpaired) electrons. The lowest BCUT2D eigenvalue weighted by atomic mass is 10.1. The van der Waals surface area contributed by atoms with Gasteiger partial charge < -0.3 is 0 Å². The zero-order chi connectivity index (χ0) is 10.3. The second-order valence-corrected chi connectivity index (χ2v) is 4.13. The molecule has 0 fully saturated rings. The van der Waals surface area contributed by atoms with Gasteiger partial charge in [0.25, 0.3) is 0 Å². The zero-order valence-electron chi connectivity index (χ0n) is 7.31. The number of halogens is 3. The fourth-order valence-electron chi connectivity index (χ4n) is 1.35. The van der Waals surface area contributed by atoms with Gasteiger partial charge in [0.15, 0.2) is 0 Å². The van der Waals surface area contributed by atoms with E-state index in [2.05, 4.69) is 20.9 Å². The average molecular weight is 275 g/mol. The zero-order valence-corrected chi connectivity index (χ0v) is 9.66. The van der Waals surface area contributed by atoms with Crippen LogP contribution in [0.4, 0.5) is 4.39 Å². The maximum atomic E-state index is 13.3. The van der Waals surface area contributed by atoms with Crippen molar-refractivity contribution in [3.05, 3.63) is 39.2 Å². The Balaban J connectivity index is 2.98. The van der Waals surface area contributed by atoms with Gasteiger partial charge in [0, 0.05) is 5.39 Å². The molecule has 0 amide bonds. The van der Waals surface area contributed by atoms with Gasteiger partial charge in [-0.2, -0.15) is 0 Å². The molecule has 0 saturated heterocycles. The normalized spacial score (nSPS) is 10.9. The molecule has 0 aliphatic heterocycles. The van der Waals surface area contributed by atoms with Gasteiger partial charge in [-0.3, -0.25) is 0 Å². The first-order valence-electron chi connectivity index (χ1n) is 4.01. The van der Waals surface area contributed by atoms with E-state index in [1.807, 2.05) is 13.0 Å². The molecule has 2 aromatic rings. The predicted molar refractivity (Wildman–Crippen MR) is 59.1 cm³/mol. The average Bonchev–Trinajstić information content (AvgIpc) is 2.17. The Morgan fingerprint density at radius 2 is 2.14 bits per heavy atom. The molecule has 0 unspecified atom stereocenters. The number of rotatable bonds is 0. The largest absolute Gasteiger partial charge is 0.232 e. The number of hydrogen-bond acceptors (Lipinski definition) is 1. The maximum Gasteiger partial charge on any atom is 0.149 e. The minimum atomic E-state index is -0.347. The van der Waals surface area contributed by atoms with Gasteiger partial charge in [0.1, 0.15) is 16.5 Å². The van der Waals surface area contributed by atoms with Gasteiger partial charge in [-0.1, -0.05) is 23.7 Å². The molecule has 0 saturated carbocycles. The van der Waals surface area contributed by atoms with Crippen molar-refractivity contribution < 1.29 is 4.39 Å². The monoisotopic (exact) mass is 273 g/mol. The molecule has 1 heterocycles. The summed E-state index contributed by atoms with van der Waals surface area (Å²) in [7, 11) is 0. The Hall–Kier alpha value is -0.670. The van der Waals surface area contributed by atoms with Crippen molar-refractivity contribution in [3.8, 4) is 0 Å². The van der Waals surface area contributed by atoms with Crippen LogP contribution in [0, 0.1) is 12.7 Å². The third kappa shape index (κ3) is 1.41. The van der Waals surface area contributed by atoms with Crippen LogP contribution in [-0.4, -0.2) is 4.98 Å². The molecule has 1 aromatic carbocycles. The number of para-hydroxylation sites is 1. The summed E-state index contributed by atoms with van der Waals surface area (Å²) < 4.78 is 14.1. The van der Waals surface area contributed by atoms with Crippen LogP contribution in [0.5, 0.6) is 0 Å². The molecule has 72 valence electrons. The molecule has 1 nitrogen and oxygen atoms in total. The van der Waals surface area contributed by atoms with Gasteiger partial charge in [0.05, 0.1) is 4.47 Å². The number of aryl methyl sites for hydroxylation is 1. The standard InChI is InChI=1S/C10H6BrClFN/c1-5-6-3-2-4-7(13)9(6)14-10(12)8(5)11/h2-4H,1H3. The van der Waals surface area contributed by atoms with E-state index >= 15 is 0 Å². The number of pyridine rings is 1. The topological polar surface area (TPSA) is 12.9 Å². The highest BCUT2D eigenvalue weighted by Crippen LogP contribution is 2.30. The first-order valence-corrected chi connectivity index (χ1v) is 5.18. The van der Waals surface area contributed by atoms with Crippen molar-refractivity contribution in [2.24, 2.45) is 0 Å². The van der Waals surface area contributed by atoms with Crippen molar-refractivity contribution in [2.45, 2.75) is 6.92 Å². The first-order chi connectivity index (χ1) is 6.61. The van der Waals surface area contributed by atoms with Crippen molar-refractivity contribution in [2.75, 3.05) is 0 Å². The Bertz CT molecular complexity index is 513. The number of fused-ring (bicyclic) bond motifs is 1. The van der Waals surface area contributed by atoms with Crippen LogP contribution in [0.25, 0.3) is 10.9 Å². The molecule has 14 heavy (non-hydrogen) atoms. The van der Waals surface area contributed by atoms with Crippen molar-refractivity contribution in [3.63, 3.8) is 0 Å². The van der Waals surface area contributed by atoms with E-state index in [-0.39, 0.29) is 5.82 Å². The Labute approximate surface area is 94.0 Å². The molecule has 0 N–H and O–H groups in total. The van der Waals surface area contributed by atoms with Gasteiger partial charge in [-0.25, -0.2) is 9.37 Å². The number of hydrogen-bond donors (Lipinski definition) is 0. The molecule has 0 spiro atoms. The van der Waals surface area contributed by atoms with E-state index in [0.29, 0.717) is 10.7 Å². The van der Waals surface area contributed by atoms with E-state index < -0.39 is 0 Å². The molecular formula is C10H6BrClFN. The third-order valence-corrected chi connectivity index (χ3v) is 3.58. The van der Waals surface area contributed by atoms with Gasteiger partial charge in [-0.05, 0) is 34.5 Å². The molecular weight excluding hydrogens is 268 g/mol. The Morgan fingerprint density at radius 3 is 2.86 bits per heavy atom. The van der Waals surface area contributed by atoms with Crippen LogP contribution in [-0.2, 0) is 0 Å². The SMILES string of the molecule is Cc1c(Br)c(Cl)nc2c(F)cccc12. The Morgan fingerprint density at radius 1 is 1.43 bits per heavy atom. The summed E-state index contributed by atoms with van der Waals surface area (Å²) in [6, 6.07) is 4.85. The molecule has 2 rings (SSSR count). The molecule has 0 aliphatic carbocycles. The summed E-state index contributed by atoms with van der Waals surface area (Å²) >= 11 is 9.15. The summed E-state index contributed by atoms with van der Waals surface area (Å²) in [5.74, 6) is -0.347. The summed E-state index contributed by atoms with van der Waals surface area (Å²) in [6.45, 7) is 1.87. The molecule has 1 aromatic heterocycles. The van der Waals surface area contributed by atoms with Gasteiger partial charge in [-0.15, -0.1) is 0 Å². The first kappa shape index (κ1) is 9.87. The highest BCUT2D eigenvalue weighted by molar-refractivity contribution is 9.10. The van der Waals surface area contributed by atoms with Crippen LogP contribution >= 0.6 is 27.5 Å². The summed E-state index contributed by atoms with van der Waals surface area (Å²) in [6.07, 6.45) is 0. The van der Waals surface area contributed by atoms with Crippen LogP contribution in [0.3, 0.4) is 0 Å². The van der Waals surface area contributed by atoms with Crippen LogP contribution in [0.1, 0.15) is 5.56 Å². The quantitative estimate of drug-likeness (QED) is 0.659. The van der Waals surface area contributed by atoms with E-state index in [1.165, 1.54) is 6.07 Å². The molecule has 0 atom stereocenters. The fraction of sp³-hybridized carbons (Fsp3) is 0.100. The lowest BCUT2D eigenvalue weighted by Crippen LogP contribution is -1.90. The summed E-state index contributed by atoms with van der Waals surface area (Å²) in [5.41, 5.74) is 1.22. The summed E-state index contributed by atoms with van der Waals surface area (Å²) in [4.78, 5) is 3.98. The van der Waals surface area contributed by atoms with Crippen molar-refractivity contribution in [1.82, 2.24) is 4.98 Å².